The molecule has 0 aromatic carbocycles. The van der Waals surface area contributed by atoms with Crippen molar-refractivity contribution in [3.05, 3.63) is 0 Å². The molecule has 0 saturated heterocycles. The first-order valence-corrected chi connectivity index (χ1v) is 2.92. The highest BCUT2D eigenvalue weighted by Gasteiger charge is 1.91. The van der Waals surface area contributed by atoms with Gasteiger partial charge in [0, 0.05) is 6.92 Å². The fourth-order valence-corrected chi connectivity index (χ4v) is 0.443. The summed E-state index contributed by atoms with van der Waals surface area (Å²) in [5.74, 6) is -0.242. The van der Waals surface area contributed by atoms with E-state index < -0.39 is 6.03 Å². The van der Waals surface area contributed by atoms with Gasteiger partial charge >= 0.3 is 6.03 Å². The van der Waals surface area contributed by atoms with Crippen molar-refractivity contribution in [2.75, 3.05) is 0 Å². The van der Waals surface area contributed by atoms with Crippen molar-refractivity contribution in [2.45, 2.75) is 6.92 Å². The standard InChI is InChI=1S/C3H7N3O2S/c1-2(7)5-9-6-3(4)8/h1H3,(H,5,7)(H3,4,6,8). The SMILES string of the molecule is CC(=O)NSNC(N)=O. The molecule has 0 unspecified atom stereocenters. The number of primary amides is 1. The summed E-state index contributed by atoms with van der Waals surface area (Å²) in [4.78, 5) is 20.0. The van der Waals surface area contributed by atoms with E-state index in [4.69, 9.17) is 0 Å². The fraction of sp³-hybridized carbons (Fsp3) is 0.333. The van der Waals surface area contributed by atoms with Crippen LogP contribution in [0, 0.1) is 0 Å². The van der Waals surface area contributed by atoms with Crippen LogP contribution in [0.4, 0.5) is 4.79 Å². The van der Waals surface area contributed by atoms with Crippen LogP contribution in [-0.2, 0) is 4.79 Å². The zero-order chi connectivity index (χ0) is 7.28. The fourth-order valence-electron chi connectivity index (χ4n) is 0.148. The monoisotopic (exact) mass is 149 g/mol. The predicted molar refractivity (Wildman–Crippen MR) is 34.1 cm³/mol. The van der Waals surface area contributed by atoms with E-state index in [9.17, 15) is 9.59 Å². The third kappa shape index (κ3) is 7.09. The van der Waals surface area contributed by atoms with Gasteiger partial charge in [0.15, 0.2) is 0 Å². The molecule has 0 spiro atoms. The summed E-state index contributed by atoms with van der Waals surface area (Å²) in [6, 6.07) is -0.686. The second kappa shape index (κ2) is 4.02. The Labute approximate surface area is 56.6 Å². The van der Waals surface area contributed by atoms with Gasteiger partial charge in [0.1, 0.15) is 0 Å². The maximum absolute atomic E-state index is 10.1. The van der Waals surface area contributed by atoms with E-state index in [0.29, 0.717) is 0 Å². The lowest BCUT2D eigenvalue weighted by Crippen LogP contribution is -2.27. The van der Waals surface area contributed by atoms with Crippen LogP contribution in [0.5, 0.6) is 0 Å². The molecule has 0 aliphatic heterocycles. The molecule has 5 nitrogen and oxygen atoms in total. The summed E-state index contributed by atoms with van der Waals surface area (Å²) in [6.07, 6.45) is 0. The Bertz CT molecular complexity index is 112. The minimum Gasteiger partial charge on any atom is -0.351 e. The van der Waals surface area contributed by atoms with Crippen molar-refractivity contribution < 1.29 is 9.59 Å². The lowest BCUT2D eigenvalue weighted by Gasteiger charge is -1.97. The largest absolute Gasteiger partial charge is 0.351 e. The number of nitrogens with one attached hydrogen (secondary N) is 2. The van der Waals surface area contributed by atoms with Crippen LogP contribution in [0.3, 0.4) is 0 Å². The highest BCUT2D eigenvalue weighted by molar-refractivity contribution is 7.96. The zero-order valence-electron chi connectivity index (χ0n) is 4.80. The van der Waals surface area contributed by atoms with Crippen molar-refractivity contribution in [1.82, 2.24) is 9.44 Å². The summed E-state index contributed by atoms with van der Waals surface area (Å²) in [6.45, 7) is 1.33. The van der Waals surface area contributed by atoms with E-state index in [0.717, 1.165) is 12.1 Å². The number of hydrogen-bond acceptors (Lipinski definition) is 3. The number of nitrogens with two attached hydrogens (primary N) is 1. The topological polar surface area (TPSA) is 84.2 Å². The number of rotatable bonds is 2. The average molecular weight is 149 g/mol. The molecule has 0 aliphatic rings. The van der Waals surface area contributed by atoms with Crippen LogP contribution in [0.15, 0.2) is 0 Å². The Morgan fingerprint density at radius 3 is 2.33 bits per heavy atom. The van der Waals surface area contributed by atoms with Gasteiger partial charge in [-0.1, -0.05) is 0 Å². The van der Waals surface area contributed by atoms with Crippen molar-refractivity contribution in [1.29, 1.82) is 0 Å². The first kappa shape index (κ1) is 8.09. The maximum atomic E-state index is 10.1. The van der Waals surface area contributed by atoms with Crippen molar-refractivity contribution in [3.63, 3.8) is 0 Å². The van der Waals surface area contributed by atoms with E-state index >= 15 is 0 Å². The smallest absolute Gasteiger partial charge is 0.323 e. The highest BCUT2D eigenvalue weighted by Crippen LogP contribution is 1.81. The van der Waals surface area contributed by atoms with Crippen molar-refractivity contribution in [3.8, 4) is 0 Å². The van der Waals surface area contributed by atoms with E-state index in [-0.39, 0.29) is 5.91 Å². The van der Waals surface area contributed by atoms with Gasteiger partial charge < -0.3 is 5.73 Å². The molecule has 0 saturated carbocycles. The molecule has 0 fully saturated rings. The molecule has 0 rings (SSSR count). The first-order valence-electron chi connectivity index (χ1n) is 2.11. The first-order chi connectivity index (χ1) is 4.13. The van der Waals surface area contributed by atoms with Gasteiger partial charge in [-0.05, 0) is 0 Å². The number of carbonyl (C=O) groups is 2. The Hall–Kier alpha value is -0.910. The molecule has 3 amide bonds. The molecule has 0 aliphatic carbocycles. The number of hydrogen-bond donors (Lipinski definition) is 3. The minimum absolute atomic E-state index is 0.242. The molecule has 0 aromatic heterocycles. The second-order valence-corrected chi connectivity index (χ2v) is 1.84. The van der Waals surface area contributed by atoms with Gasteiger partial charge in [-0.3, -0.25) is 14.2 Å². The quantitative estimate of drug-likeness (QED) is 0.456. The molecular formula is C3H7N3O2S. The number of carbonyl (C=O) groups excluding carboxylic acids is 2. The number of amides is 3. The predicted octanol–water partition coefficient (Wildman–Crippen LogP) is -0.646. The van der Waals surface area contributed by atoms with E-state index in [1.807, 2.05) is 0 Å². The Kier molecular flexibility index (Phi) is 3.61. The normalized spacial score (nSPS) is 8.11. The molecule has 0 heterocycles. The van der Waals surface area contributed by atoms with Gasteiger partial charge in [0.25, 0.3) is 0 Å². The molecule has 9 heavy (non-hydrogen) atoms. The van der Waals surface area contributed by atoms with Crippen LogP contribution in [0.25, 0.3) is 0 Å². The molecular weight excluding hydrogens is 142 g/mol. The molecule has 0 radical (unpaired) electrons. The summed E-state index contributed by atoms with van der Waals surface area (Å²) in [7, 11) is 0. The van der Waals surface area contributed by atoms with Crippen LogP contribution in [-0.4, -0.2) is 11.9 Å². The van der Waals surface area contributed by atoms with Gasteiger partial charge in [0.05, 0.1) is 12.1 Å². The summed E-state index contributed by atoms with van der Waals surface area (Å²) in [5, 5.41) is 0. The van der Waals surface area contributed by atoms with Gasteiger partial charge in [-0.25, -0.2) is 4.79 Å². The Morgan fingerprint density at radius 1 is 1.44 bits per heavy atom. The minimum atomic E-state index is -0.686. The molecule has 52 valence electrons. The van der Waals surface area contributed by atoms with Gasteiger partial charge in [0.2, 0.25) is 5.91 Å². The van der Waals surface area contributed by atoms with Gasteiger partial charge in [-0.15, -0.1) is 0 Å². The zero-order valence-corrected chi connectivity index (χ0v) is 5.62. The van der Waals surface area contributed by atoms with Gasteiger partial charge in [-0.2, -0.15) is 0 Å². The maximum Gasteiger partial charge on any atom is 0.323 e. The molecule has 0 atom stereocenters. The third-order valence-electron chi connectivity index (χ3n) is 0.346. The Balaban J connectivity index is 3.10. The summed E-state index contributed by atoms with van der Waals surface area (Å²) >= 11 is 0.745. The van der Waals surface area contributed by atoms with E-state index in [2.05, 4.69) is 15.2 Å². The lowest BCUT2D eigenvalue weighted by molar-refractivity contribution is -0.117. The van der Waals surface area contributed by atoms with Crippen LogP contribution >= 0.6 is 12.1 Å². The lowest BCUT2D eigenvalue weighted by atomic mass is 10.8. The second-order valence-electron chi connectivity index (χ2n) is 1.23. The summed E-state index contributed by atoms with van der Waals surface area (Å²) in [5.41, 5.74) is 4.66. The average Bonchev–Trinajstić information content (AvgIpc) is 1.63. The summed E-state index contributed by atoms with van der Waals surface area (Å²) < 4.78 is 4.34. The van der Waals surface area contributed by atoms with Crippen LogP contribution in [0.2, 0.25) is 0 Å². The van der Waals surface area contributed by atoms with E-state index in [1.165, 1.54) is 6.92 Å². The highest BCUT2D eigenvalue weighted by atomic mass is 32.2. The number of urea groups is 1. The van der Waals surface area contributed by atoms with Crippen LogP contribution in [0.1, 0.15) is 6.92 Å². The van der Waals surface area contributed by atoms with Crippen LogP contribution < -0.4 is 15.2 Å². The molecule has 6 heteroatoms. The molecule has 4 N–H and O–H groups in total. The van der Waals surface area contributed by atoms with E-state index in [1.54, 1.807) is 0 Å². The van der Waals surface area contributed by atoms with Crippen molar-refractivity contribution >= 4 is 24.1 Å². The van der Waals surface area contributed by atoms with Crippen molar-refractivity contribution in [2.24, 2.45) is 5.73 Å². The molecule has 0 aromatic rings. The third-order valence-corrected chi connectivity index (χ3v) is 1.04. The Morgan fingerprint density at radius 2 is 2.00 bits per heavy atom. The molecule has 0 bridgehead atoms.